The van der Waals surface area contributed by atoms with Crippen molar-refractivity contribution >= 4 is 17.2 Å². The zero-order valence-corrected chi connectivity index (χ0v) is 10.4. The highest BCUT2D eigenvalue weighted by molar-refractivity contribution is 5.99. The Hall–Kier alpha value is -2.69. The fourth-order valence-corrected chi connectivity index (χ4v) is 1.66. The third-order valence-electron chi connectivity index (χ3n) is 2.71. The number of para-hydroxylation sites is 1. The van der Waals surface area contributed by atoms with Gasteiger partial charge in [0.05, 0.1) is 10.6 Å². The zero-order valence-electron chi connectivity index (χ0n) is 10.4. The van der Waals surface area contributed by atoms with Gasteiger partial charge < -0.3 is 5.73 Å². The molecule has 0 saturated heterocycles. The second kappa shape index (κ2) is 5.30. The van der Waals surface area contributed by atoms with Crippen LogP contribution in [-0.2, 0) is 0 Å². The first-order chi connectivity index (χ1) is 9.08. The first kappa shape index (κ1) is 12.8. The van der Waals surface area contributed by atoms with E-state index in [-0.39, 0.29) is 11.5 Å². The SMILES string of the molecule is Cc1ccccc1N=C(N)c1cccc([N+](=O)[O-])c1. The summed E-state index contributed by atoms with van der Waals surface area (Å²) in [5, 5.41) is 10.7. The van der Waals surface area contributed by atoms with Crippen LogP contribution in [-0.4, -0.2) is 10.8 Å². The summed E-state index contributed by atoms with van der Waals surface area (Å²) >= 11 is 0. The lowest BCUT2D eigenvalue weighted by molar-refractivity contribution is -0.384. The number of nitrogens with two attached hydrogens (primary N) is 1. The standard InChI is InChI=1S/C14H13N3O2/c1-10-5-2-3-8-13(10)16-14(15)11-6-4-7-12(9-11)17(18)19/h2-9H,1H3,(H2,15,16). The summed E-state index contributed by atoms with van der Waals surface area (Å²) in [6.07, 6.45) is 0. The molecule has 0 aromatic heterocycles. The number of nitro groups is 1. The van der Waals surface area contributed by atoms with Crippen molar-refractivity contribution < 1.29 is 4.92 Å². The number of benzene rings is 2. The van der Waals surface area contributed by atoms with Crippen molar-refractivity contribution in [2.75, 3.05) is 0 Å². The number of nitrogens with zero attached hydrogens (tertiary/aromatic N) is 2. The summed E-state index contributed by atoms with van der Waals surface area (Å²) < 4.78 is 0. The van der Waals surface area contributed by atoms with Crippen molar-refractivity contribution in [1.29, 1.82) is 0 Å². The lowest BCUT2D eigenvalue weighted by Gasteiger charge is -2.03. The highest BCUT2D eigenvalue weighted by atomic mass is 16.6. The lowest BCUT2D eigenvalue weighted by Crippen LogP contribution is -2.13. The molecular weight excluding hydrogens is 242 g/mol. The summed E-state index contributed by atoms with van der Waals surface area (Å²) in [5.74, 6) is 0.262. The van der Waals surface area contributed by atoms with Gasteiger partial charge in [-0.3, -0.25) is 10.1 Å². The molecule has 0 atom stereocenters. The molecule has 2 N–H and O–H groups in total. The zero-order chi connectivity index (χ0) is 13.8. The Bertz CT molecular complexity index is 651. The molecule has 0 radical (unpaired) electrons. The summed E-state index contributed by atoms with van der Waals surface area (Å²) in [4.78, 5) is 14.6. The maximum absolute atomic E-state index is 10.7. The molecule has 0 aliphatic heterocycles. The third kappa shape index (κ3) is 2.95. The van der Waals surface area contributed by atoms with Gasteiger partial charge in [0.2, 0.25) is 0 Å². The molecule has 0 amide bonds. The monoisotopic (exact) mass is 255 g/mol. The molecule has 0 bridgehead atoms. The minimum Gasteiger partial charge on any atom is -0.383 e. The van der Waals surface area contributed by atoms with Crippen LogP contribution in [0.5, 0.6) is 0 Å². The molecule has 2 aromatic rings. The number of rotatable bonds is 3. The molecule has 2 rings (SSSR count). The molecule has 0 heterocycles. The van der Waals surface area contributed by atoms with Crippen LogP contribution >= 0.6 is 0 Å². The van der Waals surface area contributed by atoms with Gasteiger partial charge >= 0.3 is 0 Å². The maximum Gasteiger partial charge on any atom is 0.270 e. The van der Waals surface area contributed by atoms with E-state index in [0.29, 0.717) is 5.56 Å². The van der Waals surface area contributed by atoms with Crippen molar-refractivity contribution in [1.82, 2.24) is 0 Å². The summed E-state index contributed by atoms with van der Waals surface area (Å²) in [6, 6.07) is 13.7. The maximum atomic E-state index is 10.7. The van der Waals surface area contributed by atoms with Gasteiger partial charge in [-0.05, 0) is 18.6 Å². The normalized spacial score (nSPS) is 11.3. The van der Waals surface area contributed by atoms with E-state index in [1.165, 1.54) is 12.1 Å². The van der Waals surface area contributed by atoms with Crippen LogP contribution in [0.4, 0.5) is 11.4 Å². The Morgan fingerprint density at radius 2 is 1.95 bits per heavy atom. The number of non-ortho nitro benzene ring substituents is 1. The molecule has 5 nitrogen and oxygen atoms in total. The van der Waals surface area contributed by atoms with Gasteiger partial charge in [-0.15, -0.1) is 0 Å². The Labute approximate surface area is 110 Å². The molecule has 19 heavy (non-hydrogen) atoms. The molecule has 0 saturated carbocycles. The van der Waals surface area contributed by atoms with Gasteiger partial charge in [-0.25, -0.2) is 4.99 Å². The number of aryl methyl sites for hydroxylation is 1. The van der Waals surface area contributed by atoms with Crippen LogP contribution in [0, 0.1) is 17.0 Å². The van der Waals surface area contributed by atoms with Crippen LogP contribution in [0.3, 0.4) is 0 Å². The summed E-state index contributed by atoms with van der Waals surface area (Å²) in [7, 11) is 0. The highest BCUT2D eigenvalue weighted by Crippen LogP contribution is 2.19. The van der Waals surface area contributed by atoms with E-state index in [2.05, 4.69) is 4.99 Å². The lowest BCUT2D eigenvalue weighted by atomic mass is 10.1. The fourth-order valence-electron chi connectivity index (χ4n) is 1.66. The van der Waals surface area contributed by atoms with E-state index in [4.69, 9.17) is 5.73 Å². The highest BCUT2D eigenvalue weighted by Gasteiger charge is 2.08. The third-order valence-corrected chi connectivity index (χ3v) is 2.71. The molecule has 2 aromatic carbocycles. The fraction of sp³-hybridized carbons (Fsp3) is 0.0714. The predicted octanol–water partition coefficient (Wildman–Crippen LogP) is 2.94. The van der Waals surface area contributed by atoms with Crippen LogP contribution in [0.15, 0.2) is 53.5 Å². The number of nitro benzene ring substituents is 1. The van der Waals surface area contributed by atoms with Crippen molar-refractivity contribution in [2.45, 2.75) is 6.92 Å². The van der Waals surface area contributed by atoms with Gasteiger partial charge in [0.15, 0.2) is 0 Å². The topological polar surface area (TPSA) is 81.5 Å². The number of amidine groups is 1. The van der Waals surface area contributed by atoms with Gasteiger partial charge in [0.25, 0.3) is 5.69 Å². The van der Waals surface area contributed by atoms with E-state index in [0.717, 1.165) is 11.3 Å². The minimum absolute atomic E-state index is 0.000401. The Balaban J connectivity index is 2.39. The molecule has 0 aliphatic rings. The van der Waals surface area contributed by atoms with Gasteiger partial charge in [0.1, 0.15) is 5.84 Å². The summed E-state index contributed by atoms with van der Waals surface area (Å²) in [6.45, 7) is 1.93. The van der Waals surface area contributed by atoms with Crippen LogP contribution in [0.25, 0.3) is 0 Å². The van der Waals surface area contributed by atoms with E-state index in [1.54, 1.807) is 12.1 Å². The quantitative estimate of drug-likeness (QED) is 0.396. The first-order valence-corrected chi connectivity index (χ1v) is 5.72. The van der Waals surface area contributed by atoms with E-state index in [9.17, 15) is 10.1 Å². The second-order valence-corrected chi connectivity index (χ2v) is 4.09. The van der Waals surface area contributed by atoms with Crippen molar-refractivity contribution in [3.05, 3.63) is 69.8 Å². The average molecular weight is 255 g/mol. The summed E-state index contributed by atoms with van der Waals surface area (Å²) in [5.41, 5.74) is 8.18. The number of hydrogen-bond acceptors (Lipinski definition) is 3. The van der Waals surface area contributed by atoms with Gasteiger partial charge in [-0.2, -0.15) is 0 Å². The largest absolute Gasteiger partial charge is 0.383 e. The first-order valence-electron chi connectivity index (χ1n) is 5.72. The minimum atomic E-state index is -0.454. The van der Waals surface area contributed by atoms with Gasteiger partial charge in [0, 0.05) is 17.7 Å². The number of aliphatic imine (C=N–C) groups is 1. The van der Waals surface area contributed by atoms with Crippen molar-refractivity contribution in [2.24, 2.45) is 10.7 Å². The van der Waals surface area contributed by atoms with Crippen LogP contribution in [0.2, 0.25) is 0 Å². The van der Waals surface area contributed by atoms with Crippen LogP contribution < -0.4 is 5.73 Å². The Morgan fingerprint density at radius 3 is 2.63 bits per heavy atom. The Kier molecular flexibility index (Phi) is 3.56. The smallest absolute Gasteiger partial charge is 0.270 e. The molecule has 0 spiro atoms. The van der Waals surface area contributed by atoms with Gasteiger partial charge in [-0.1, -0.05) is 30.3 Å². The van der Waals surface area contributed by atoms with Crippen molar-refractivity contribution in [3.63, 3.8) is 0 Å². The molecule has 0 unspecified atom stereocenters. The average Bonchev–Trinajstić information content (AvgIpc) is 2.41. The van der Waals surface area contributed by atoms with Crippen molar-refractivity contribution in [3.8, 4) is 0 Å². The molecule has 96 valence electrons. The second-order valence-electron chi connectivity index (χ2n) is 4.09. The van der Waals surface area contributed by atoms with E-state index in [1.807, 2.05) is 31.2 Å². The van der Waals surface area contributed by atoms with E-state index >= 15 is 0 Å². The van der Waals surface area contributed by atoms with E-state index < -0.39 is 4.92 Å². The number of hydrogen-bond donors (Lipinski definition) is 1. The molecular formula is C14H13N3O2. The molecule has 0 fully saturated rings. The predicted molar refractivity (Wildman–Crippen MR) is 74.7 cm³/mol. The molecule has 5 heteroatoms. The Morgan fingerprint density at radius 1 is 1.21 bits per heavy atom. The molecule has 0 aliphatic carbocycles. The van der Waals surface area contributed by atoms with Crippen LogP contribution in [0.1, 0.15) is 11.1 Å².